The number of rotatable bonds is 2. The fourth-order valence-electron chi connectivity index (χ4n) is 1.56. The first-order chi connectivity index (χ1) is 8.06. The van der Waals surface area contributed by atoms with E-state index in [9.17, 15) is 4.39 Å². The van der Waals surface area contributed by atoms with Crippen molar-refractivity contribution in [3.05, 3.63) is 47.7 Å². The summed E-state index contributed by atoms with van der Waals surface area (Å²) in [4.78, 5) is 8.64. The lowest BCUT2D eigenvalue weighted by Gasteiger charge is -2.08. The van der Waals surface area contributed by atoms with Crippen molar-refractivity contribution >= 4 is 0 Å². The van der Waals surface area contributed by atoms with Gasteiger partial charge in [0.15, 0.2) is 0 Å². The lowest BCUT2D eigenvalue weighted by molar-refractivity contribution is 0.628. The summed E-state index contributed by atoms with van der Waals surface area (Å²) in [6, 6.07) is 7.87. The summed E-state index contributed by atoms with van der Waals surface area (Å²) in [6.45, 7) is 3.73. The minimum absolute atomic E-state index is 0.214. The topological polar surface area (TPSA) is 51.8 Å². The normalized spacial score (nSPS) is 12.5. The van der Waals surface area contributed by atoms with E-state index in [0.717, 1.165) is 17.0 Å². The third kappa shape index (κ3) is 2.65. The summed E-state index contributed by atoms with van der Waals surface area (Å²) < 4.78 is 12.8. The van der Waals surface area contributed by atoms with Crippen LogP contribution in [0.3, 0.4) is 0 Å². The molecule has 0 saturated heterocycles. The van der Waals surface area contributed by atoms with Crippen LogP contribution in [0.2, 0.25) is 0 Å². The number of nitrogens with two attached hydrogens (primary N) is 1. The van der Waals surface area contributed by atoms with E-state index in [1.165, 1.54) is 12.1 Å². The van der Waals surface area contributed by atoms with Crippen molar-refractivity contribution in [2.75, 3.05) is 0 Å². The summed E-state index contributed by atoms with van der Waals surface area (Å²) in [6.07, 6.45) is 0. The molecule has 2 rings (SSSR count). The molecular formula is C13H14FN3. The number of aromatic nitrogens is 2. The van der Waals surface area contributed by atoms with Gasteiger partial charge in [0.25, 0.3) is 0 Å². The van der Waals surface area contributed by atoms with Crippen LogP contribution < -0.4 is 5.73 Å². The number of aryl methyl sites for hydroxylation is 1. The molecule has 17 heavy (non-hydrogen) atoms. The Morgan fingerprint density at radius 1 is 1.18 bits per heavy atom. The molecule has 1 heterocycles. The van der Waals surface area contributed by atoms with Gasteiger partial charge in [-0.3, -0.25) is 0 Å². The van der Waals surface area contributed by atoms with E-state index in [1.54, 1.807) is 12.1 Å². The average Bonchev–Trinajstić information content (AvgIpc) is 2.29. The van der Waals surface area contributed by atoms with Gasteiger partial charge in [-0.25, -0.2) is 14.4 Å². The Labute approximate surface area is 99.5 Å². The van der Waals surface area contributed by atoms with E-state index in [2.05, 4.69) is 9.97 Å². The molecule has 0 radical (unpaired) electrons. The Bertz CT molecular complexity index is 521. The number of hydrogen-bond acceptors (Lipinski definition) is 3. The van der Waals surface area contributed by atoms with Crippen molar-refractivity contribution in [1.82, 2.24) is 9.97 Å². The maximum Gasteiger partial charge on any atom is 0.145 e. The van der Waals surface area contributed by atoms with Gasteiger partial charge < -0.3 is 5.73 Å². The van der Waals surface area contributed by atoms with Crippen LogP contribution in [0.4, 0.5) is 4.39 Å². The Hall–Kier alpha value is -1.81. The molecule has 1 atom stereocenters. The largest absolute Gasteiger partial charge is 0.322 e. The molecule has 0 fully saturated rings. The van der Waals surface area contributed by atoms with Crippen LogP contribution in [-0.4, -0.2) is 9.97 Å². The van der Waals surface area contributed by atoms with Crippen LogP contribution in [0.15, 0.2) is 30.3 Å². The van der Waals surface area contributed by atoms with Gasteiger partial charge in [-0.2, -0.15) is 0 Å². The first-order valence-corrected chi connectivity index (χ1v) is 5.43. The van der Waals surface area contributed by atoms with Gasteiger partial charge in [-0.1, -0.05) is 0 Å². The Kier molecular flexibility index (Phi) is 3.15. The summed E-state index contributed by atoms with van der Waals surface area (Å²) in [5, 5.41) is 0. The van der Waals surface area contributed by atoms with E-state index in [4.69, 9.17) is 5.73 Å². The molecule has 0 aliphatic rings. The average molecular weight is 231 g/mol. The predicted molar refractivity (Wildman–Crippen MR) is 64.8 cm³/mol. The van der Waals surface area contributed by atoms with E-state index in [0.29, 0.717) is 5.82 Å². The molecule has 3 nitrogen and oxygen atoms in total. The summed E-state index contributed by atoms with van der Waals surface area (Å²) in [5.74, 6) is 0.344. The zero-order valence-electron chi connectivity index (χ0n) is 9.81. The van der Waals surface area contributed by atoms with Crippen molar-refractivity contribution < 1.29 is 4.39 Å². The van der Waals surface area contributed by atoms with Crippen molar-refractivity contribution in [2.45, 2.75) is 19.9 Å². The molecule has 0 bridgehead atoms. The predicted octanol–water partition coefficient (Wildman–Crippen LogP) is 2.61. The number of hydrogen-bond donors (Lipinski definition) is 1. The molecule has 2 N–H and O–H groups in total. The second-order valence-corrected chi connectivity index (χ2v) is 4.05. The summed E-state index contributed by atoms with van der Waals surface area (Å²) in [7, 11) is 0. The van der Waals surface area contributed by atoms with Gasteiger partial charge in [0, 0.05) is 11.3 Å². The van der Waals surface area contributed by atoms with Crippen molar-refractivity contribution in [1.29, 1.82) is 0 Å². The minimum Gasteiger partial charge on any atom is -0.322 e. The smallest absolute Gasteiger partial charge is 0.145 e. The van der Waals surface area contributed by atoms with Crippen molar-refractivity contribution in [3.8, 4) is 11.3 Å². The Morgan fingerprint density at radius 3 is 2.41 bits per heavy atom. The molecule has 0 aliphatic carbocycles. The van der Waals surface area contributed by atoms with Crippen LogP contribution in [0, 0.1) is 12.7 Å². The maximum absolute atomic E-state index is 12.8. The van der Waals surface area contributed by atoms with E-state index in [-0.39, 0.29) is 11.9 Å². The fourth-order valence-corrected chi connectivity index (χ4v) is 1.56. The maximum atomic E-state index is 12.8. The lowest BCUT2D eigenvalue weighted by Crippen LogP contribution is -2.11. The zero-order chi connectivity index (χ0) is 12.4. The van der Waals surface area contributed by atoms with E-state index >= 15 is 0 Å². The first-order valence-electron chi connectivity index (χ1n) is 5.43. The minimum atomic E-state index is -0.257. The van der Waals surface area contributed by atoms with E-state index < -0.39 is 0 Å². The molecule has 0 saturated carbocycles. The summed E-state index contributed by atoms with van der Waals surface area (Å²) >= 11 is 0. The van der Waals surface area contributed by atoms with Gasteiger partial charge in [-0.15, -0.1) is 0 Å². The number of halogens is 1. The molecule has 0 aliphatic heterocycles. The van der Waals surface area contributed by atoms with Gasteiger partial charge in [-0.05, 0) is 44.2 Å². The lowest BCUT2D eigenvalue weighted by atomic mass is 10.1. The quantitative estimate of drug-likeness (QED) is 0.864. The molecule has 1 unspecified atom stereocenters. The molecule has 1 aromatic carbocycles. The molecule has 0 amide bonds. The van der Waals surface area contributed by atoms with Crippen LogP contribution in [-0.2, 0) is 0 Å². The fraction of sp³-hybridized carbons (Fsp3) is 0.231. The second-order valence-electron chi connectivity index (χ2n) is 4.05. The highest BCUT2D eigenvalue weighted by Crippen LogP contribution is 2.19. The zero-order valence-corrected chi connectivity index (χ0v) is 9.81. The molecular weight excluding hydrogens is 217 g/mol. The van der Waals surface area contributed by atoms with Gasteiger partial charge in [0.05, 0.1) is 11.7 Å². The highest BCUT2D eigenvalue weighted by molar-refractivity contribution is 5.59. The van der Waals surface area contributed by atoms with E-state index in [1.807, 2.05) is 19.9 Å². The third-order valence-electron chi connectivity index (χ3n) is 2.42. The molecule has 1 aromatic heterocycles. The monoisotopic (exact) mass is 231 g/mol. The number of nitrogens with zero attached hydrogens (tertiary/aromatic N) is 2. The van der Waals surface area contributed by atoms with Gasteiger partial charge in [0.1, 0.15) is 11.6 Å². The third-order valence-corrected chi connectivity index (χ3v) is 2.42. The van der Waals surface area contributed by atoms with Gasteiger partial charge in [0.2, 0.25) is 0 Å². The standard InChI is InChI=1S/C13H14FN3/c1-8-7-12(17-13(16-8)9(2)15)10-3-5-11(14)6-4-10/h3-7,9H,15H2,1-2H3. The molecule has 2 aromatic rings. The SMILES string of the molecule is Cc1cc(-c2ccc(F)cc2)nc(C(C)N)n1. The Balaban J connectivity index is 2.48. The Morgan fingerprint density at radius 2 is 1.82 bits per heavy atom. The highest BCUT2D eigenvalue weighted by atomic mass is 19.1. The first kappa shape index (κ1) is 11.7. The highest BCUT2D eigenvalue weighted by Gasteiger charge is 2.07. The number of benzene rings is 1. The molecule has 4 heteroatoms. The summed E-state index contributed by atoms with van der Waals surface area (Å²) in [5.41, 5.74) is 8.25. The second kappa shape index (κ2) is 4.59. The molecule has 0 spiro atoms. The van der Waals surface area contributed by atoms with Crippen LogP contribution >= 0.6 is 0 Å². The molecule has 88 valence electrons. The van der Waals surface area contributed by atoms with Crippen LogP contribution in [0.25, 0.3) is 11.3 Å². The van der Waals surface area contributed by atoms with Crippen LogP contribution in [0.1, 0.15) is 24.5 Å². The van der Waals surface area contributed by atoms with Crippen molar-refractivity contribution in [2.24, 2.45) is 5.73 Å². The van der Waals surface area contributed by atoms with Crippen molar-refractivity contribution in [3.63, 3.8) is 0 Å². The van der Waals surface area contributed by atoms with Crippen LogP contribution in [0.5, 0.6) is 0 Å². The van der Waals surface area contributed by atoms with Gasteiger partial charge >= 0.3 is 0 Å².